The summed E-state index contributed by atoms with van der Waals surface area (Å²) in [6.45, 7) is 3.97. The first-order chi connectivity index (χ1) is 15.1. The van der Waals surface area contributed by atoms with Gasteiger partial charge >= 0.3 is 10.1 Å². The van der Waals surface area contributed by atoms with Crippen molar-refractivity contribution >= 4 is 20.2 Å². The highest BCUT2D eigenvalue weighted by atomic mass is 32.3. The van der Waals surface area contributed by atoms with E-state index in [1.807, 2.05) is 0 Å². The molecule has 194 valence electrons. The van der Waals surface area contributed by atoms with E-state index in [2.05, 4.69) is 10.6 Å². The van der Waals surface area contributed by atoms with E-state index in [1.54, 1.807) is 0 Å². The Balaban J connectivity index is 3.74. The molecule has 2 atom stereocenters. The zero-order chi connectivity index (χ0) is 24.3. The Morgan fingerprint density at radius 3 is 1.38 bits per heavy atom. The van der Waals surface area contributed by atoms with Crippen LogP contribution in [0.5, 0.6) is 0 Å². The molecular weight excluding hydrogens is 452 g/mol. The van der Waals surface area contributed by atoms with Crippen LogP contribution in [0.15, 0.2) is 0 Å². The molecule has 0 aliphatic rings. The molecule has 9 heteroatoms. The summed E-state index contributed by atoms with van der Waals surface area (Å²) in [7, 11) is -7.26. The van der Waals surface area contributed by atoms with Crippen LogP contribution in [0.25, 0.3) is 0 Å². The van der Waals surface area contributed by atoms with Crippen LogP contribution >= 0.6 is 0 Å². The third kappa shape index (κ3) is 18.2. The lowest BCUT2D eigenvalue weighted by Crippen LogP contribution is -2.38. The Hall–Kier alpha value is -0.220. The van der Waals surface area contributed by atoms with Crippen molar-refractivity contribution in [2.75, 3.05) is 20.0 Å². The summed E-state index contributed by atoms with van der Waals surface area (Å²) in [6, 6.07) is 0. The third-order valence-electron chi connectivity index (χ3n) is 5.54. The summed E-state index contributed by atoms with van der Waals surface area (Å²) in [5.41, 5.74) is -1.47. The lowest BCUT2D eigenvalue weighted by molar-refractivity contribution is -0.0103. The number of unbranched alkanes of at least 4 members (excludes halogenated alkanes) is 15. The maximum absolute atomic E-state index is 12.1. The summed E-state index contributed by atoms with van der Waals surface area (Å²) in [4.78, 5) is 0. The zero-order valence-electron chi connectivity index (χ0n) is 20.8. The lowest BCUT2D eigenvalue weighted by atomic mass is 10.0. The SMILES string of the molecule is CCCCCCCCCCCCCCCCCCOC(C(C)OC)S(=O)(=O)OS(C)(=O)=O. The van der Waals surface area contributed by atoms with Crippen LogP contribution in [0.3, 0.4) is 0 Å². The largest absolute Gasteiger partial charge is 0.378 e. The summed E-state index contributed by atoms with van der Waals surface area (Å²) >= 11 is 0. The van der Waals surface area contributed by atoms with Crippen LogP contribution in [0.4, 0.5) is 0 Å². The number of methoxy groups -OCH3 is 1. The van der Waals surface area contributed by atoms with Gasteiger partial charge in [-0.3, -0.25) is 0 Å². The second-order valence-corrected chi connectivity index (χ2v) is 12.2. The molecule has 7 nitrogen and oxygen atoms in total. The highest BCUT2D eigenvalue weighted by Gasteiger charge is 2.36. The van der Waals surface area contributed by atoms with E-state index in [9.17, 15) is 16.8 Å². The maximum Gasteiger partial charge on any atom is 0.311 e. The van der Waals surface area contributed by atoms with Gasteiger partial charge in [-0.25, -0.2) is 0 Å². The Kier molecular flexibility index (Phi) is 19.0. The molecule has 0 aliphatic heterocycles. The molecular formula is C23H48O7S2. The third-order valence-corrected chi connectivity index (χ3v) is 8.37. The fraction of sp³-hybridized carbons (Fsp3) is 1.00. The van der Waals surface area contributed by atoms with E-state index in [-0.39, 0.29) is 6.61 Å². The minimum atomic E-state index is -4.45. The molecule has 0 rings (SSSR count). The number of hydrogen-bond acceptors (Lipinski definition) is 7. The van der Waals surface area contributed by atoms with Crippen molar-refractivity contribution in [1.29, 1.82) is 0 Å². The highest BCUT2D eigenvalue weighted by Crippen LogP contribution is 2.17. The van der Waals surface area contributed by atoms with Gasteiger partial charge in [-0.15, -0.1) is 3.63 Å². The minimum Gasteiger partial charge on any atom is -0.378 e. The van der Waals surface area contributed by atoms with E-state index < -0.39 is 31.8 Å². The summed E-state index contributed by atoms with van der Waals surface area (Å²) in [5.74, 6) is 0. The Morgan fingerprint density at radius 1 is 0.656 bits per heavy atom. The van der Waals surface area contributed by atoms with Gasteiger partial charge in [0.15, 0.2) is 0 Å². The maximum atomic E-state index is 12.1. The second-order valence-electron chi connectivity index (χ2n) is 8.75. The van der Waals surface area contributed by atoms with E-state index in [1.165, 1.54) is 97.5 Å². The van der Waals surface area contributed by atoms with E-state index in [4.69, 9.17) is 9.47 Å². The van der Waals surface area contributed by atoms with Crippen molar-refractivity contribution < 1.29 is 29.9 Å². The topological polar surface area (TPSA) is 96.0 Å². The average Bonchev–Trinajstić information content (AvgIpc) is 2.70. The number of ether oxygens (including phenoxy) is 2. The number of rotatable bonds is 23. The van der Waals surface area contributed by atoms with E-state index >= 15 is 0 Å². The molecule has 0 saturated heterocycles. The van der Waals surface area contributed by atoms with Crippen molar-refractivity contribution in [1.82, 2.24) is 0 Å². The highest BCUT2D eigenvalue weighted by molar-refractivity contribution is 7.99. The molecule has 0 aromatic heterocycles. The molecule has 0 radical (unpaired) electrons. The van der Waals surface area contributed by atoms with Crippen molar-refractivity contribution in [2.24, 2.45) is 0 Å². The van der Waals surface area contributed by atoms with Crippen LogP contribution in [-0.4, -0.2) is 48.3 Å². The van der Waals surface area contributed by atoms with E-state index in [0.29, 0.717) is 12.7 Å². The summed E-state index contributed by atoms with van der Waals surface area (Å²) in [5, 5.41) is 0. The second kappa shape index (κ2) is 19.1. The quantitative estimate of drug-likeness (QED) is 0.160. The van der Waals surface area contributed by atoms with Gasteiger partial charge in [0, 0.05) is 13.7 Å². The molecule has 0 heterocycles. The average molecular weight is 501 g/mol. The standard InChI is InChI=1S/C23H48O7S2/c1-5-6-7-8-9-10-11-12-13-14-15-16-17-18-19-20-21-29-23(22(2)28-3)32(26,27)30-31(4,24)25/h22-23H,5-21H2,1-4H3. The van der Waals surface area contributed by atoms with Gasteiger partial charge in [0.2, 0.25) is 5.44 Å². The molecule has 0 N–H and O–H groups in total. The van der Waals surface area contributed by atoms with Gasteiger partial charge in [0.05, 0.1) is 12.4 Å². The first-order valence-corrected chi connectivity index (χ1v) is 15.7. The normalized spacial score (nSPS) is 14.5. The van der Waals surface area contributed by atoms with Crippen LogP contribution in [0.1, 0.15) is 117 Å². The summed E-state index contributed by atoms with van der Waals surface area (Å²) in [6.07, 6.45) is 19.9. The molecule has 0 saturated carbocycles. The van der Waals surface area contributed by atoms with Gasteiger partial charge in [-0.05, 0) is 13.3 Å². The summed E-state index contributed by atoms with van der Waals surface area (Å²) < 4.78 is 61.4. The first kappa shape index (κ1) is 31.8. The molecule has 32 heavy (non-hydrogen) atoms. The zero-order valence-corrected chi connectivity index (χ0v) is 22.5. The smallest absolute Gasteiger partial charge is 0.311 e. The van der Waals surface area contributed by atoms with Gasteiger partial charge in [0.1, 0.15) is 0 Å². The van der Waals surface area contributed by atoms with Crippen molar-refractivity contribution in [3.8, 4) is 0 Å². The van der Waals surface area contributed by atoms with Crippen LogP contribution in [0, 0.1) is 0 Å². The fourth-order valence-corrected chi connectivity index (χ4v) is 6.16. The van der Waals surface area contributed by atoms with E-state index in [0.717, 1.165) is 12.8 Å². The Morgan fingerprint density at radius 2 is 1.03 bits per heavy atom. The van der Waals surface area contributed by atoms with Gasteiger partial charge in [-0.2, -0.15) is 16.8 Å². The molecule has 2 unspecified atom stereocenters. The molecule has 0 amide bonds. The first-order valence-electron chi connectivity index (χ1n) is 12.4. The Labute approximate surface area is 198 Å². The molecule has 0 aliphatic carbocycles. The molecule has 0 fully saturated rings. The van der Waals surface area contributed by atoms with Crippen LogP contribution in [0.2, 0.25) is 0 Å². The number of hydrogen-bond donors (Lipinski definition) is 0. The van der Waals surface area contributed by atoms with Crippen molar-refractivity contribution in [3.63, 3.8) is 0 Å². The molecule has 0 spiro atoms. The molecule has 0 aromatic rings. The van der Waals surface area contributed by atoms with Crippen molar-refractivity contribution in [2.45, 2.75) is 128 Å². The van der Waals surface area contributed by atoms with Crippen LogP contribution < -0.4 is 0 Å². The fourth-order valence-electron chi connectivity index (χ4n) is 3.63. The molecule has 0 aromatic carbocycles. The Bertz CT molecular complexity index is 633. The molecule has 0 bridgehead atoms. The predicted octanol–water partition coefficient (Wildman–Crippen LogP) is 5.93. The lowest BCUT2D eigenvalue weighted by Gasteiger charge is -2.22. The monoisotopic (exact) mass is 500 g/mol. The minimum absolute atomic E-state index is 0.211. The van der Waals surface area contributed by atoms with Crippen molar-refractivity contribution in [3.05, 3.63) is 0 Å². The van der Waals surface area contributed by atoms with Gasteiger partial charge in [0.25, 0.3) is 10.1 Å². The van der Waals surface area contributed by atoms with Crippen LogP contribution in [-0.2, 0) is 33.3 Å². The predicted molar refractivity (Wildman–Crippen MR) is 131 cm³/mol. The van der Waals surface area contributed by atoms with Gasteiger partial charge < -0.3 is 9.47 Å². The van der Waals surface area contributed by atoms with Gasteiger partial charge in [-0.1, -0.05) is 103 Å².